The van der Waals surface area contributed by atoms with Crippen molar-refractivity contribution >= 4 is 61.5 Å². The number of nitrogens with zero attached hydrogens (tertiary/aromatic N) is 5. The first-order valence-electron chi connectivity index (χ1n) is 14.6. The van der Waals surface area contributed by atoms with Gasteiger partial charge in [0.25, 0.3) is 5.91 Å². The minimum Gasteiger partial charge on any atom is -0.369 e. The van der Waals surface area contributed by atoms with Gasteiger partial charge in [-0.3, -0.25) is 19.5 Å². The van der Waals surface area contributed by atoms with Crippen molar-refractivity contribution in [2.24, 2.45) is 5.92 Å². The number of imidazole rings is 1. The van der Waals surface area contributed by atoms with Gasteiger partial charge in [-0.1, -0.05) is 27.5 Å². The fraction of sp³-hybridized carbons (Fsp3) is 0.387. The molecule has 0 radical (unpaired) electrons. The lowest BCUT2D eigenvalue weighted by molar-refractivity contribution is 0.0271. The summed E-state index contributed by atoms with van der Waals surface area (Å²) in [6.45, 7) is 6.12. The second kappa shape index (κ2) is 13.6. The van der Waals surface area contributed by atoms with Crippen molar-refractivity contribution in [3.05, 3.63) is 76.0 Å². The highest BCUT2D eigenvalue weighted by Gasteiger charge is 2.25. The number of halogens is 3. The largest absolute Gasteiger partial charge is 0.369 e. The van der Waals surface area contributed by atoms with Crippen LogP contribution in [0.25, 0.3) is 11.0 Å². The number of benzene rings is 2. The molecule has 2 fully saturated rings. The Hall–Kier alpha value is -3.25. The van der Waals surface area contributed by atoms with Gasteiger partial charge in [0.2, 0.25) is 0 Å². The number of hydrogen-bond acceptors (Lipinski definition) is 7. The summed E-state index contributed by atoms with van der Waals surface area (Å²) >= 11 is 9.79. The topological polar surface area (TPSA) is 87.6 Å². The van der Waals surface area contributed by atoms with Gasteiger partial charge in [0.15, 0.2) is 5.82 Å². The van der Waals surface area contributed by atoms with E-state index < -0.39 is 11.7 Å². The number of nitrogens with one attached hydrogen (secondary N) is 2. The number of hydroxylamine groups is 1. The van der Waals surface area contributed by atoms with Gasteiger partial charge in [0.1, 0.15) is 5.52 Å². The monoisotopic (exact) mass is 669 g/mol. The smallest absolute Gasteiger partial charge is 0.277 e. The third-order valence-corrected chi connectivity index (χ3v) is 8.80. The van der Waals surface area contributed by atoms with E-state index in [1.165, 1.54) is 5.69 Å². The minimum atomic E-state index is -0.616. The first-order chi connectivity index (χ1) is 21.0. The highest BCUT2D eigenvalue weighted by atomic mass is 79.9. The number of hydrogen-bond donors (Lipinski definition) is 2. The fourth-order valence-corrected chi connectivity index (χ4v) is 6.05. The normalized spacial score (nSPS) is 15.7. The number of anilines is 3. The van der Waals surface area contributed by atoms with Crippen LogP contribution in [0.5, 0.6) is 0 Å². The molecular formula is C31H34BrClFN7O2. The van der Waals surface area contributed by atoms with Crippen molar-refractivity contribution < 1.29 is 14.0 Å². The van der Waals surface area contributed by atoms with Crippen LogP contribution in [0.3, 0.4) is 0 Å². The quantitative estimate of drug-likeness (QED) is 0.133. The number of aryl methyl sites for hydroxylation is 1. The molecule has 2 aromatic heterocycles. The van der Waals surface area contributed by atoms with Gasteiger partial charge in [-0.25, -0.2) is 14.9 Å². The van der Waals surface area contributed by atoms with Gasteiger partial charge < -0.3 is 14.8 Å². The van der Waals surface area contributed by atoms with Gasteiger partial charge >= 0.3 is 0 Å². The van der Waals surface area contributed by atoms with E-state index in [1.807, 2.05) is 17.0 Å². The number of rotatable bonds is 12. The van der Waals surface area contributed by atoms with Crippen LogP contribution in [0, 0.1) is 11.7 Å². The molecular weight excluding hydrogens is 637 g/mol. The van der Waals surface area contributed by atoms with Crippen molar-refractivity contribution in [3.63, 3.8) is 0 Å². The number of carbonyl (C=O) groups excluding carboxylic acids is 1. The zero-order chi connectivity index (χ0) is 29.8. The summed E-state index contributed by atoms with van der Waals surface area (Å²) < 4.78 is 18.7. The number of amides is 1. The van der Waals surface area contributed by atoms with Crippen molar-refractivity contribution in [2.45, 2.75) is 32.2 Å². The lowest BCUT2D eigenvalue weighted by Crippen LogP contribution is -2.46. The maximum Gasteiger partial charge on any atom is 0.277 e. The Bertz CT molecular complexity index is 1580. The first kappa shape index (κ1) is 29.8. The molecule has 1 aliphatic heterocycles. The number of piperazine rings is 1. The Morgan fingerprint density at radius 1 is 1.07 bits per heavy atom. The molecule has 226 valence electrons. The van der Waals surface area contributed by atoms with Gasteiger partial charge in [-0.15, -0.1) is 0 Å². The molecule has 43 heavy (non-hydrogen) atoms. The predicted octanol–water partition coefficient (Wildman–Crippen LogP) is 6.40. The van der Waals surface area contributed by atoms with E-state index >= 15 is 4.39 Å². The molecule has 0 atom stereocenters. The molecule has 2 aliphatic rings. The summed E-state index contributed by atoms with van der Waals surface area (Å²) in [7, 11) is 0. The van der Waals surface area contributed by atoms with Crippen LogP contribution >= 0.6 is 27.5 Å². The molecule has 1 aliphatic carbocycles. The van der Waals surface area contributed by atoms with E-state index in [1.54, 1.807) is 30.6 Å². The average Bonchev–Trinajstić information content (AvgIpc) is 3.76. The van der Waals surface area contributed by atoms with Gasteiger partial charge in [0.05, 0.1) is 40.4 Å². The van der Waals surface area contributed by atoms with E-state index in [9.17, 15) is 4.79 Å². The molecule has 12 heteroatoms. The number of fused-ring (bicyclic) bond motifs is 1. The third kappa shape index (κ3) is 7.29. The van der Waals surface area contributed by atoms with Crippen LogP contribution in [0.15, 0.2) is 59.6 Å². The Balaban J connectivity index is 1.13. The molecule has 3 heterocycles. The van der Waals surface area contributed by atoms with E-state index in [0.717, 1.165) is 62.9 Å². The molecule has 2 N–H and O–H groups in total. The number of pyridine rings is 1. The predicted molar refractivity (Wildman–Crippen MR) is 170 cm³/mol. The summed E-state index contributed by atoms with van der Waals surface area (Å²) in [5.41, 5.74) is 5.06. The van der Waals surface area contributed by atoms with E-state index in [4.69, 9.17) is 16.4 Å². The third-order valence-electron chi connectivity index (χ3n) is 8.00. The summed E-state index contributed by atoms with van der Waals surface area (Å²) in [5, 5.41) is 3.41. The molecule has 0 spiro atoms. The Morgan fingerprint density at radius 3 is 2.58 bits per heavy atom. The van der Waals surface area contributed by atoms with Crippen LogP contribution in [-0.4, -0.2) is 64.7 Å². The zero-order valence-electron chi connectivity index (χ0n) is 23.7. The Labute approximate surface area is 263 Å². The second-order valence-electron chi connectivity index (χ2n) is 11.1. The molecule has 2 aromatic carbocycles. The molecule has 1 amide bonds. The molecule has 4 aromatic rings. The van der Waals surface area contributed by atoms with Crippen LogP contribution in [0.2, 0.25) is 5.02 Å². The summed E-state index contributed by atoms with van der Waals surface area (Å²) in [6, 6.07) is 11.0. The molecule has 6 rings (SSSR count). The summed E-state index contributed by atoms with van der Waals surface area (Å²) in [4.78, 5) is 32.1. The van der Waals surface area contributed by atoms with Gasteiger partial charge in [-0.05, 0) is 74.5 Å². The van der Waals surface area contributed by atoms with Crippen LogP contribution in [-0.2, 0) is 11.4 Å². The van der Waals surface area contributed by atoms with Crippen molar-refractivity contribution in [2.75, 3.05) is 49.5 Å². The van der Waals surface area contributed by atoms with E-state index in [-0.39, 0.29) is 16.8 Å². The molecule has 0 unspecified atom stereocenters. The second-order valence-corrected chi connectivity index (χ2v) is 12.4. The number of unbranched alkanes of at least 4 members (excludes halogenated alkanes) is 1. The van der Waals surface area contributed by atoms with Crippen LogP contribution < -0.4 is 15.7 Å². The zero-order valence-corrected chi connectivity index (χ0v) is 26.1. The van der Waals surface area contributed by atoms with Crippen molar-refractivity contribution in [3.8, 4) is 0 Å². The van der Waals surface area contributed by atoms with E-state index in [2.05, 4.69) is 58.6 Å². The maximum atomic E-state index is 16.0. The van der Waals surface area contributed by atoms with Crippen molar-refractivity contribution in [1.29, 1.82) is 0 Å². The van der Waals surface area contributed by atoms with Crippen molar-refractivity contribution in [1.82, 2.24) is 24.9 Å². The first-order valence-corrected chi connectivity index (χ1v) is 15.8. The molecule has 9 nitrogen and oxygen atoms in total. The fourth-order valence-electron chi connectivity index (χ4n) is 5.33. The lowest BCUT2D eigenvalue weighted by Gasteiger charge is -2.36. The maximum absolute atomic E-state index is 16.0. The Morgan fingerprint density at radius 2 is 1.84 bits per heavy atom. The van der Waals surface area contributed by atoms with Crippen LogP contribution in [0.4, 0.5) is 21.5 Å². The summed E-state index contributed by atoms with van der Waals surface area (Å²) in [6.07, 6.45) is 9.39. The lowest BCUT2D eigenvalue weighted by atomic mass is 10.1. The SMILES string of the molecule is O=C(NOCC1CC1)c1cc2c(ncn2CCCCN2CCN(c3ccncc3)CC2)c(F)c1Nc1ccc(Br)cc1Cl. The van der Waals surface area contributed by atoms with Gasteiger partial charge in [0, 0.05) is 55.3 Å². The average molecular weight is 671 g/mol. The van der Waals surface area contributed by atoms with E-state index in [0.29, 0.717) is 35.3 Å². The molecule has 1 saturated heterocycles. The van der Waals surface area contributed by atoms with Gasteiger partial charge in [-0.2, -0.15) is 0 Å². The van der Waals surface area contributed by atoms with Crippen LogP contribution in [0.1, 0.15) is 36.0 Å². The summed E-state index contributed by atoms with van der Waals surface area (Å²) in [5.74, 6) is -0.684. The highest BCUT2D eigenvalue weighted by Crippen LogP contribution is 2.35. The number of aromatic nitrogens is 3. The molecule has 1 saturated carbocycles. The standard InChI is InChI=1S/C31H34BrClFN7O2/c32-22-5-6-26(25(33)17-22)37-29-24(31(42)38-43-19-21-3-4-21)18-27-30(28(29)34)36-20-41(27)12-2-1-11-39-13-15-40(16-14-39)23-7-9-35-10-8-23/h5-10,17-18,20-21,37H,1-4,11-16,19H2,(H,38,42). The minimum absolute atomic E-state index is 0.000373. The molecule has 0 bridgehead atoms. The number of carbonyl (C=O) groups is 1. The highest BCUT2D eigenvalue weighted by molar-refractivity contribution is 9.10. The Kier molecular flexibility index (Phi) is 9.42.